The third kappa shape index (κ3) is 3.85. The van der Waals surface area contributed by atoms with Crippen molar-refractivity contribution in [2.75, 3.05) is 24.9 Å². The van der Waals surface area contributed by atoms with Gasteiger partial charge in [-0.25, -0.2) is 8.78 Å². The summed E-state index contributed by atoms with van der Waals surface area (Å²) in [5.74, 6) is -1.88. The lowest BCUT2D eigenvalue weighted by Crippen LogP contribution is -2.34. The first-order valence-corrected chi connectivity index (χ1v) is 7.12. The van der Waals surface area contributed by atoms with Crippen LogP contribution in [-0.2, 0) is 10.2 Å². The highest BCUT2D eigenvalue weighted by Crippen LogP contribution is 2.23. The second-order valence-electron chi connectivity index (χ2n) is 4.12. The van der Waals surface area contributed by atoms with Crippen LogP contribution in [0.15, 0.2) is 12.1 Å². The number of nitrogens with two attached hydrogens (primary N) is 1. The van der Waals surface area contributed by atoms with Crippen molar-refractivity contribution in [3.63, 3.8) is 0 Å². The van der Waals surface area contributed by atoms with Gasteiger partial charge in [-0.1, -0.05) is 6.07 Å². The number of hydrogen-bond acceptors (Lipinski definition) is 3. The first-order chi connectivity index (χ1) is 8.79. The largest absolute Gasteiger partial charge is 0.330 e. The summed E-state index contributed by atoms with van der Waals surface area (Å²) >= 11 is 0. The Balaban J connectivity index is 2.99. The maximum absolute atomic E-state index is 13.7. The van der Waals surface area contributed by atoms with E-state index in [9.17, 15) is 17.2 Å². The summed E-state index contributed by atoms with van der Waals surface area (Å²) in [6.07, 6.45) is 0.455. The highest BCUT2D eigenvalue weighted by Gasteiger charge is 2.21. The van der Waals surface area contributed by atoms with Crippen LogP contribution in [0.25, 0.3) is 0 Å². The molecule has 0 aromatic heterocycles. The molecule has 0 aliphatic carbocycles. The fourth-order valence-corrected chi connectivity index (χ4v) is 2.36. The van der Waals surface area contributed by atoms with Crippen LogP contribution in [-0.4, -0.2) is 32.9 Å². The summed E-state index contributed by atoms with van der Waals surface area (Å²) in [7, 11) is -2.69. The van der Waals surface area contributed by atoms with Gasteiger partial charge in [0.2, 0.25) is 0 Å². The molecular formula is C11H17F2N3O2S. The molecule has 108 valence electrons. The van der Waals surface area contributed by atoms with Gasteiger partial charge in [-0.15, -0.1) is 0 Å². The van der Waals surface area contributed by atoms with Crippen LogP contribution in [0.2, 0.25) is 0 Å². The molecule has 0 heterocycles. The minimum atomic E-state index is -4.00. The summed E-state index contributed by atoms with van der Waals surface area (Å²) in [6, 6.07) is 2.25. The predicted octanol–water partition coefficient (Wildman–Crippen LogP) is 1.21. The van der Waals surface area contributed by atoms with Crippen LogP contribution < -0.4 is 10.5 Å². The van der Waals surface area contributed by atoms with E-state index in [4.69, 9.17) is 5.73 Å². The zero-order valence-electron chi connectivity index (χ0n) is 10.8. The molecule has 0 saturated heterocycles. The van der Waals surface area contributed by atoms with E-state index in [1.807, 2.05) is 4.72 Å². The van der Waals surface area contributed by atoms with Gasteiger partial charge in [0.25, 0.3) is 0 Å². The van der Waals surface area contributed by atoms with Crippen LogP contribution in [0.3, 0.4) is 0 Å². The Morgan fingerprint density at radius 1 is 1.37 bits per heavy atom. The highest BCUT2D eigenvalue weighted by atomic mass is 32.2. The van der Waals surface area contributed by atoms with Gasteiger partial charge >= 0.3 is 10.2 Å². The standard InChI is InChI=1S/C11H17F2N3O2S/c1-8-4-5-9(12)11(10(8)13)15-19(17,18)16(2)7-3-6-14/h4-5,15H,3,6-7,14H2,1-2H3. The van der Waals surface area contributed by atoms with Crippen LogP contribution in [0.5, 0.6) is 0 Å². The topological polar surface area (TPSA) is 75.4 Å². The molecule has 3 N–H and O–H groups in total. The lowest BCUT2D eigenvalue weighted by Gasteiger charge is -2.18. The van der Waals surface area contributed by atoms with Gasteiger partial charge in [-0.3, -0.25) is 4.72 Å². The number of aryl methyl sites for hydroxylation is 1. The number of nitrogens with zero attached hydrogens (tertiary/aromatic N) is 1. The third-order valence-electron chi connectivity index (χ3n) is 2.60. The fraction of sp³-hybridized carbons (Fsp3) is 0.455. The molecule has 0 radical (unpaired) electrons. The summed E-state index contributed by atoms with van der Waals surface area (Å²) in [5, 5.41) is 0. The molecule has 0 spiro atoms. The van der Waals surface area contributed by atoms with Crippen LogP contribution in [0.1, 0.15) is 12.0 Å². The maximum Gasteiger partial charge on any atom is 0.301 e. The molecule has 5 nitrogen and oxygen atoms in total. The van der Waals surface area contributed by atoms with Crippen LogP contribution in [0.4, 0.5) is 14.5 Å². The van der Waals surface area contributed by atoms with E-state index in [1.165, 1.54) is 20.0 Å². The molecule has 1 aromatic rings. The summed E-state index contributed by atoms with van der Waals surface area (Å²) in [6.45, 7) is 1.92. The highest BCUT2D eigenvalue weighted by molar-refractivity contribution is 7.90. The lowest BCUT2D eigenvalue weighted by molar-refractivity contribution is 0.467. The smallest absolute Gasteiger partial charge is 0.301 e. The predicted molar refractivity (Wildman–Crippen MR) is 69.9 cm³/mol. The van der Waals surface area contributed by atoms with Gasteiger partial charge < -0.3 is 5.73 Å². The van der Waals surface area contributed by atoms with Gasteiger partial charge in [0.1, 0.15) is 11.5 Å². The molecule has 1 aromatic carbocycles. The normalized spacial score (nSPS) is 11.9. The molecule has 0 atom stereocenters. The first-order valence-electron chi connectivity index (χ1n) is 5.68. The number of nitrogens with one attached hydrogen (secondary N) is 1. The van der Waals surface area contributed by atoms with Gasteiger partial charge in [0.05, 0.1) is 0 Å². The van der Waals surface area contributed by atoms with Crippen molar-refractivity contribution in [2.24, 2.45) is 5.73 Å². The second kappa shape index (κ2) is 6.27. The number of benzene rings is 1. The second-order valence-corrected chi connectivity index (χ2v) is 5.90. The van der Waals surface area contributed by atoms with Crippen molar-refractivity contribution in [2.45, 2.75) is 13.3 Å². The maximum atomic E-state index is 13.7. The Morgan fingerprint density at radius 2 is 2.00 bits per heavy atom. The Kier molecular flexibility index (Phi) is 5.21. The Bertz CT molecular complexity index is 549. The molecule has 1 rings (SSSR count). The van der Waals surface area contributed by atoms with Gasteiger partial charge in [-0.05, 0) is 31.5 Å². The first kappa shape index (κ1) is 15.8. The molecule has 8 heteroatoms. The Morgan fingerprint density at radius 3 is 2.58 bits per heavy atom. The van der Waals surface area contributed by atoms with E-state index < -0.39 is 27.5 Å². The van der Waals surface area contributed by atoms with Crippen LogP contribution >= 0.6 is 0 Å². The summed E-state index contributed by atoms with van der Waals surface area (Å²) in [5.41, 5.74) is 4.77. The SMILES string of the molecule is Cc1ccc(F)c(NS(=O)(=O)N(C)CCCN)c1F. The molecule has 0 fully saturated rings. The van der Waals surface area contributed by atoms with Crippen molar-refractivity contribution < 1.29 is 17.2 Å². The van der Waals surface area contributed by atoms with E-state index in [2.05, 4.69) is 0 Å². The molecule has 0 bridgehead atoms. The molecule has 19 heavy (non-hydrogen) atoms. The van der Waals surface area contributed by atoms with E-state index >= 15 is 0 Å². The Labute approximate surface area is 111 Å². The Hall–Kier alpha value is -1.25. The minimum Gasteiger partial charge on any atom is -0.330 e. The third-order valence-corrected chi connectivity index (χ3v) is 4.07. The van der Waals surface area contributed by atoms with E-state index in [1.54, 1.807) is 0 Å². The average Bonchev–Trinajstić information content (AvgIpc) is 2.36. The van der Waals surface area contributed by atoms with Gasteiger partial charge in [0.15, 0.2) is 5.82 Å². The lowest BCUT2D eigenvalue weighted by atomic mass is 10.2. The van der Waals surface area contributed by atoms with E-state index in [0.717, 1.165) is 10.4 Å². The van der Waals surface area contributed by atoms with E-state index in [-0.39, 0.29) is 12.1 Å². The number of rotatable bonds is 6. The minimum absolute atomic E-state index is 0.156. The van der Waals surface area contributed by atoms with Gasteiger partial charge in [0, 0.05) is 13.6 Å². The van der Waals surface area contributed by atoms with Crippen molar-refractivity contribution in [3.8, 4) is 0 Å². The molecule has 0 amide bonds. The molecule has 0 aliphatic rings. The van der Waals surface area contributed by atoms with Crippen molar-refractivity contribution in [1.82, 2.24) is 4.31 Å². The van der Waals surface area contributed by atoms with Crippen LogP contribution in [0, 0.1) is 18.6 Å². The number of halogens is 2. The monoisotopic (exact) mass is 293 g/mol. The zero-order chi connectivity index (χ0) is 14.6. The molecule has 0 aliphatic heterocycles. The van der Waals surface area contributed by atoms with Crippen molar-refractivity contribution in [3.05, 3.63) is 29.3 Å². The molecular weight excluding hydrogens is 276 g/mol. The zero-order valence-corrected chi connectivity index (χ0v) is 11.6. The number of anilines is 1. The number of hydrogen-bond donors (Lipinski definition) is 2. The molecule has 0 unspecified atom stereocenters. The summed E-state index contributed by atoms with van der Waals surface area (Å²) < 4.78 is 53.8. The summed E-state index contributed by atoms with van der Waals surface area (Å²) in [4.78, 5) is 0. The van der Waals surface area contributed by atoms with Crippen molar-refractivity contribution >= 4 is 15.9 Å². The fourth-order valence-electron chi connectivity index (χ4n) is 1.39. The molecule has 0 saturated carbocycles. The van der Waals surface area contributed by atoms with E-state index in [0.29, 0.717) is 13.0 Å². The van der Waals surface area contributed by atoms with Gasteiger partial charge in [-0.2, -0.15) is 12.7 Å². The quantitative estimate of drug-likeness (QED) is 0.828. The van der Waals surface area contributed by atoms with Crippen molar-refractivity contribution in [1.29, 1.82) is 0 Å². The average molecular weight is 293 g/mol.